The number of H-pyrrole nitrogens is 1. The molecule has 0 aliphatic carbocycles. The SMILES string of the molecule is CSCc1cccc2c(C(CCO)c3ccc4c(c3)OC(F)(F)O4)c[nH]c12. The number of nitrogens with one attached hydrogen (secondary N) is 1. The van der Waals surface area contributed by atoms with Crippen molar-refractivity contribution in [2.45, 2.75) is 24.4 Å². The van der Waals surface area contributed by atoms with Crippen molar-refractivity contribution in [3.05, 3.63) is 59.3 Å². The smallest absolute Gasteiger partial charge is 0.396 e. The van der Waals surface area contributed by atoms with E-state index in [9.17, 15) is 13.9 Å². The second-order valence-electron chi connectivity index (χ2n) is 6.46. The van der Waals surface area contributed by atoms with Crippen molar-refractivity contribution in [2.75, 3.05) is 12.9 Å². The van der Waals surface area contributed by atoms with Crippen LogP contribution < -0.4 is 9.47 Å². The van der Waals surface area contributed by atoms with E-state index in [1.807, 2.05) is 18.3 Å². The van der Waals surface area contributed by atoms with Gasteiger partial charge in [0.15, 0.2) is 11.5 Å². The van der Waals surface area contributed by atoms with Gasteiger partial charge in [-0.15, -0.1) is 8.78 Å². The van der Waals surface area contributed by atoms with Gasteiger partial charge in [-0.1, -0.05) is 24.3 Å². The van der Waals surface area contributed by atoms with Crippen LogP contribution in [-0.2, 0) is 5.75 Å². The average Bonchev–Trinajstić information content (AvgIpc) is 3.19. The number of aromatic nitrogens is 1. The fourth-order valence-electron chi connectivity index (χ4n) is 3.62. The number of para-hydroxylation sites is 1. The third kappa shape index (κ3) is 3.37. The Labute approximate surface area is 159 Å². The standard InChI is InChI=1S/C20H19F2NO3S/c1-27-11-13-3-2-4-15-16(10-23-19(13)15)14(7-8-24)12-5-6-17-18(9-12)26-20(21,22)25-17/h2-6,9-10,14,23-24H,7-8,11H2,1H3. The van der Waals surface area contributed by atoms with Crippen molar-refractivity contribution in [3.63, 3.8) is 0 Å². The van der Waals surface area contributed by atoms with E-state index in [0.29, 0.717) is 6.42 Å². The Kier molecular flexibility index (Phi) is 4.74. The summed E-state index contributed by atoms with van der Waals surface area (Å²) in [6.45, 7) is -0.0214. The molecule has 1 aliphatic rings. The highest BCUT2D eigenvalue weighted by molar-refractivity contribution is 7.97. The summed E-state index contributed by atoms with van der Waals surface area (Å²) in [5.74, 6) is 0.772. The molecule has 1 aliphatic heterocycles. The Morgan fingerprint density at radius 3 is 2.78 bits per heavy atom. The summed E-state index contributed by atoms with van der Waals surface area (Å²) < 4.78 is 35.7. The summed E-state index contributed by atoms with van der Waals surface area (Å²) in [7, 11) is 0. The van der Waals surface area contributed by atoms with E-state index in [1.165, 1.54) is 11.6 Å². The number of thioether (sulfide) groups is 1. The summed E-state index contributed by atoms with van der Waals surface area (Å²) >= 11 is 1.75. The number of fused-ring (bicyclic) bond motifs is 2. The largest absolute Gasteiger partial charge is 0.586 e. The molecule has 0 radical (unpaired) electrons. The number of ether oxygens (including phenoxy) is 2. The topological polar surface area (TPSA) is 54.5 Å². The van der Waals surface area contributed by atoms with Gasteiger partial charge >= 0.3 is 6.29 Å². The zero-order valence-electron chi connectivity index (χ0n) is 14.7. The van der Waals surface area contributed by atoms with E-state index in [0.717, 1.165) is 27.8 Å². The summed E-state index contributed by atoms with van der Waals surface area (Å²) in [4.78, 5) is 3.34. The van der Waals surface area contributed by atoms with Crippen LogP contribution in [0.3, 0.4) is 0 Å². The lowest BCUT2D eigenvalue weighted by Crippen LogP contribution is -2.25. The van der Waals surface area contributed by atoms with Gasteiger partial charge in [0, 0.05) is 35.4 Å². The van der Waals surface area contributed by atoms with Crippen LogP contribution in [0.2, 0.25) is 0 Å². The number of halogens is 2. The average molecular weight is 391 g/mol. The highest BCUT2D eigenvalue weighted by Gasteiger charge is 2.43. The first-order chi connectivity index (χ1) is 13.0. The summed E-state index contributed by atoms with van der Waals surface area (Å²) in [6, 6.07) is 10.9. The maximum atomic E-state index is 13.3. The van der Waals surface area contributed by atoms with Gasteiger partial charge in [-0.05, 0) is 41.5 Å². The fourth-order valence-corrected chi connectivity index (χ4v) is 4.17. The predicted octanol–water partition coefficient (Wildman–Crippen LogP) is 4.87. The van der Waals surface area contributed by atoms with Crippen molar-refractivity contribution >= 4 is 22.7 Å². The second-order valence-corrected chi connectivity index (χ2v) is 7.32. The summed E-state index contributed by atoms with van der Waals surface area (Å²) in [5, 5.41) is 10.7. The van der Waals surface area contributed by atoms with Crippen LogP contribution in [0.4, 0.5) is 8.78 Å². The van der Waals surface area contributed by atoms with Crippen molar-refractivity contribution < 1.29 is 23.4 Å². The van der Waals surface area contributed by atoms with Gasteiger partial charge in [0.25, 0.3) is 0 Å². The maximum absolute atomic E-state index is 13.3. The molecule has 0 saturated carbocycles. The molecule has 3 aromatic rings. The fraction of sp³-hybridized carbons (Fsp3) is 0.300. The third-order valence-corrected chi connectivity index (χ3v) is 5.35. The summed E-state index contributed by atoms with van der Waals surface area (Å²) in [6.07, 6.45) is 0.824. The maximum Gasteiger partial charge on any atom is 0.586 e. The van der Waals surface area contributed by atoms with E-state index in [2.05, 4.69) is 26.8 Å². The van der Waals surface area contributed by atoms with Crippen LogP contribution >= 0.6 is 11.8 Å². The summed E-state index contributed by atoms with van der Waals surface area (Å²) in [5.41, 5.74) is 4.09. The molecule has 2 aromatic carbocycles. The Hall–Kier alpha value is -2.25. The number of rotatable bonds is 6. The molecule has 0 bridgehead atoms. The predicted molar refractivity (Wildman–Crippen MR) is 102 cm³/mol. The van der Waals surface area contributed by atoms with Crippen LogP contribution in [0.15, 0.2) is 42.6 Å². The van der Waals surface area contributed by atoms with E-state index < -0.39 is 6.29 Å². The highest BCUT2D eigenvalue weighted by atomic mass is 32.2. The van der Waals surface area contributed by atoms with Gasteiger partial charge in [0.1, 0.15) is 0 Å². The molecule has 0 amide bonds. The van der Waals surface area contributed by atoms with Crippen molar-refractivity contribution in [2.24, 2.45) is 0 Å². The van der Waals surface area contributed by atoms with Crippen molar-refractivity contribution in [1.82, 2.24) is 4.98 Å². The van der Waals surface area contributed by atoms with Gasteiger partial charge in [-0.3, -0.25) is 0 Å². The molecule has 0 spiro atoms. The Bertz CT molecular complexity index is 973. The van der Waals surface area contributed by atoms with Crippen LogP contribution in [-0.4, -0.2) is 29.2 Å². The number of alkyl halides is 2. The Balaban J connectivity index is 1.77. The van der Waals surface area contributed by atoms with E-state index in [1.54, 1.807) is 23.9 Å². The third-order valence-electron chi connectivity index (χ3n) is 4.75. The minimum Gasteiger partial charge on any atom is -0.396 e. The van der Waals surface area contributed by atoms with E-state index in [-0.39, 0.29) is 24.0 Å². The zero-order valence-corrected chi connectivity index (χ0v) is 15.5. The first kappa shape index (κ1) is 18.1. The molecule has 27 heavy (non-hydrogen) atoms. The monoisotopic (exact) mass is 391 g/mol. The second kappa shape index (κ2) is 7.05. The van der Waals surface area contributed by atoms with Crippen LogP contribution in [0, 0.1) is 0 Å². The lowest BCUT2D eigenvalue weighted by molar-refractivity contribution is -0.286. The molecule has 1 unspecified atom stereocenters. The molecule has 7 heteroatoms. The number of aliphatic hydroxyl groups is 1. The lowest BCUT2D eigenvalue weighted by atomic mass is 9.88. The number of aromatic amines is 1. The van der Waals surface area contributed by atoms with Gasteiger partial charge in [0.2, 0.25) is 0 Å². The van der Waals surface area contributed by atoms with Crippen LogP contribution in [0.5, 0.6) is 11.5 Å². The molecule has 4 rings (SSSR count). The molecular formula is C20H19F2NO3S. The van der Waals surface area contributed by atoms with E-state index >= 15 is 0 Å². The van der Waals surface area contributed by atoms with Gasteiger partial charge < -0.3 is 19.6 Å². The van der Waals surface area contributed by atoms with E-state index in [4.69, 9.17) is 0 Å². The van der Waals surface area contributed by atoms with Crippen molar-refractivity contribution in [1.29, 1.82) is 0 Å². The normalized spacial score (nSPS) is 16.0. The number of hydrogen-bond acceptors (Lipinski definition) is 4. The van der Waals surface area contributed by atoms with Crippen LogP contribution in [0.1, 0.15) is 29.0 Å². The molecule has 1 atom stereocenters. The minimum atomic E-state index is -3.64. The molecule has 1 aromatic heterocycles. The number of benzene rings is 2. The zero-order chi connectivity index (χ0) is 19.0. The molecular weight excluding hydrogens is 372 g/mol. The molecule has 0 fully saturated rings. The Morgan fingerprint density at radius 1 is 1.19 bits per heavy atom. The molecule has 4 nitrogen and oxygen atoms in total. The van der Waals surface area contributed by atoms with Gasteiger partial charge in [-0.2, -0.15) is 11.8 Å². The van der Waals surface area contributed by atoms with Gasteiger partial charge in [0.05, 0.1) is 0 Å². The highest BCUT2D eigenvalue weighted by Crippen LogP contribution is 2.44. The van der Waals surface area contributed by atoms with Crippen molar-refractivity contribution in [3.8, 4) is 11.5 Å². The van der Waals surface area contributed by atoms with Gasteiger partial charge in [-0.25, -0.2) is 0 Å². The molecule has 2 N–H and O–H groups in total. The number of hydrogen-bond donors (Lipinski definition) is 2. The first-order valence-corrected chi connectivity index (χ1v) is 10.0. The molecule has 142 valence electrons. The minimum absolute atomic E-state index is 0.0170. The Morgan fingerprint density at radius 2 is 2.00 bits per heavy atom. The molecule has 2 heterocycles. The first-order valence-electron chi connectivity index (χ1n) is 8.61. The quantitative estimate of drug-likeness (QED) is 0.630. The van der Waals surface area contributed by atoms with Crippen LogP contribution in [0.25, 0.3) is 10.9 Å². The molecule has 0 saturated heterocycles. The lowest BCUT2D eigenvalue weighted by Gasteiger charge is -2.16. The number of aliphatic hydroxyl groups excluding tert-OH is 1.